The molecule has 0 spiro atoms. The maximum atomic E-state index is 4.85. The van der Waals surface area contributed by atoms with Gasteiger partial charge < -0.3 is 0 Å². The molecule has 0 atom stereocenters. The third kappa shape index (κ3) is 2.79. The van der Waals surface area contributed by atoms with Crippen molar-refractivity contribution < 1.29 is 0 Å². The number of hydrogen-bond donors (Lipinski definition) is 0. The molecule has 4 aromatic carbocycles. The van der Waals surface area contributed by atoms with Gasteiger partial charge in [0, 0.05) is 21.9 Å². The molecule has 0 aliphatic heterocycles. The first-order valence-corrected chi connectivity index (χ1v) is 10.4. The topological polar surface area (TPSA) is 25.8 Å². The fourth-order valence-corrected chi connectivity index (χ4v) is 4.91. The van der Waals surface area contributed by atoms with E-state index in [4.69, 9.17) is 9.97 Å². The molecule has 0 bridgehead atoms. The monoisotopic (exact) mass is 388 g/mol. The highest BCUT2D eigenvalue weighted by Crippen LogP contribution is 2.36. The van der Waals surface area contributed by atoms with Crippen molar-refractivity contribution in [2.45, 2.75) is 0 Å². The van der Waals surface area contributed by atoms with Gasteiger partial charge in [0.05, 0.1) is 21.4 Å². The lowest BCUT2D eigenvalue weighted by atomic mass is 10.0. The molecule has 0 aliphatic carbocycles. The van der Waals surface area contributed by atoms with Crippen molar-refractivity contribution in [3.05, 3.63) is 97.1 Å². The van der Waals surface area contributed by atoms with Crippen molar-refractivity contribution in [3.8, 4) is 21.8 Å². The van der Waals surface area contributed by atoms with E-state index in [1.165, 1.54) is 21.0 Å². The van der Waals surface area contributed by atoms with Gasteiger partial charge in [0.2, 0.25) is 0 Å². The fourth-order valence-electron chi connectivity index (χ4n) is 3.80. The van der Waals surface area contributed by atoms with E-state index in [9.17, 15) is 0 Å². The second kappa shape index (κ2) is 6.50. The number of pyridine rings is 1. The number of nitrogens with zero attached hydrogens (tertiary/aromatic N) is 2. The zero-order chi connectivity index (χ0) is 19.2. The summed E-state index contributed by atoms with van der Waals surface area (Å²) < 4.78 is 1.24. The summed E-state index contributed by atoms with van der Waals surface area (Å²) in [6, 6.07) is 33.7. The Morgan fingerprint density at radius 2 is 1.38 bits per heavy atom. The van der Waals surface area contributed by atoms with Gasteiger partial charge in [-0.05, 0) is 29.7 Å². The molecule has 0 fully saturated rings. The van der Waals surface area contributed by atoms with Gasteiger partial charge in [-0.2, -0.15) is 0 Å². The largest absolute Gasteiger partial charge is 0.248 e. The summed E-state index contributed by atoms with van der Waals surface area (Å²) >= 11 is 1.76. The van der Waals surface area contributed by atoms with Crippen LogP contribution in [0.3, 0.4) is 0 Å². The van der Waals surface area contributed by atoms with Crippen LogP contribution >= 0.6 is 11.3 Å². The molecule has 0 saturated carbocycles. The standard InChI is InChI=1S/C26H16N2S/c1-2-7-18(8-3-1)26-28-24-15-12-19-16-20(10-13-21(19)25(24)29-26)23-14-11-17-6-4-5-9-22(17)27-23/h1-16H. The number of fused-ring (bicyclic) bond motifs is 4. The van der Waals surface area contributed by atoms with Crippen molar-refractivity contribution in [1.82, 2.24) is 9.97 Å². The lowest BCUT2D eigenvalue weighted by Gasteiger charge is -2.06. The zero-order valence-corrected chi connectivity index (χ0v) is 16.4. The summed E-state index contributed by atoms with van der Waals surface area (Å²) in [6.45, 7) is 0. The highest BCUT2D eigenvalue weighted by molar-refractivity contribution is 7.22. The molecule has 0 saturated heterocycles. The number of aromatic nitrogens is 2. The minimum atomic E-state index is 1.000. The Hall–Kier alpha value is -3.56. The Labute approximate surface area is 172 Å². The highest BCUT2D eigenvalue weighted by Gasteiger charge is 2.10. The van der Waals surface area contributed by atoms with Crippen LogP contribution in [0.5, 0.6) is 0 Å². The predicted molar refractivity (Wildman–Crippen MR) is 123 cm³/mol. The van der Waals surface area contributed by atoms with Crippen molar-refractivity contribution in [1.29, 1.82) is 0 Å². The fraction of sp³-hybridized carbons (Fsp3) is 0. The average molecular weight is 388 g/mol. The maximum absolute atomic E-state index is 4.85. The molecule has 3 heteroatoms. The Kier molecular flexibility index (Phi) is 3.68. The van der Waals surface area contributed by atoms with E-state index in [1.807, 2.05) is 18.2 Å². The molecule has 0 amide bonds. The highest BCUT2D eigenvalue weighted by atomic mass is 32.1. The van der Waals surface area contributed by atoms with E-state index in [0.717, 1.165) is 32.7 Å². The normalized spacial score (nSPS) is 11.4. The van der Waals surface area contributed by atoms with Crippen LogP contribution in [0.15, 0.2) is 97.1 Å². The van der Waals surface area contributed by atoms with Crippen molar-refractivity contribution in [2.24, 2.45) is 0 Å². The van der Waals surface area contributed by atoms with E-state index in [1.54, 1.807) is 11.3 Å². The number of para-hydroxylation sites is 1. The molecule has 0 radical (unpaired) electrons. The molecule has 136 valence electrons. The van der Waals surface area contributed by atoms with Crippen molar-refractivity contribution in [2.75, 3.05) is 0 Å². The Morgan fingerprint density at radius 3 is 2.31 bits per heavy atom. The molecule has 0 N–H and O–H groups in total. The maximum Gasteiger partial charge on any atom is 0.124 e. The Balaban J connectivity index is 1.49. The van der Waals surface area contributed by atoms with Gasteiger partial charge >= 0.3 is 0 Å². The SMILES string of the molecule is c1ccc(-c2nc3ccc4cc(-c5ccc6ccccc6n5)ccc4c3s2)cc1. The van der Waals surface area contributed by atoms with Crippen LogP contribution in [0, 0.1) is 0 Å². The zero-order valence-electron chi connectivity index (χ0n) is 15.5. The van der Waals surface area contributed by atoms with E-state index in [-0.39, 0.29) is 0 Å². The van der Waals surface area contributed by atoms with E-state index in [2.05, 4.69) is 78.9 Å². The van der Waals surface area contributed by atoms with Crippen molar-refractivity contribution in [3.63, 3.8) is 0 Å². The summed E-state index contributed by atoms with van der Waals surface area (Å²) in [7, 11) is 0. The molecule has 29 heavy (non-hydrogen) atoms. The van der Waals surface area contributed by atoms with Crippen LogP contribution in [0.4, 0.5) is 0 Å². The smallest absolute Gasteiger partial charge is 0.124 e. The minimum Gasteiger partial charge on any atom is -0.248 e. The second-order valence-electron chi connectivity index (χ2n) is 7.12. The van der Waals surface area contributed by atoms with Gasteiger partial charge in [0.25, 0.3) is 0 Å². The summed E-state index contributed by atoms with van der Waals surface area (Å²) in [6.07, 6.45) is 0. The predicted octanol–water partition coefficient (Wildman–Crippen LogP) is 7.33. The van der Waals surface area contributed by atoms with Gasteiger partial charge in [-0.3, -0.25) is 0 Å². The first kappa shape index (κ1) is 16.4. The molecular formula is C26H16N2S. The number of thiazole rings is 1. The first-order chi connectivity index (χ1) is 14.3. The van der Waals surface area contributed by atoms with Gasteiger partial charge in [0.15, 0.2) is 0 Å². The second-order valence-corrected chi connectivity index (χ2v) is 8.12. The molecule has 6 rings (SSSR count). The van der Waals surface area contributed by atoms with Crippen LogP contribution in [-0.2, 0) is 0 Å². The van der Waals surface area contributed by atoms with Crippen LogP contribution < -0.4 is 0 Å². The van der Waals surface area contributed by atoms with Gasteiger partial charge in [-0.15, -0.1) is 11.3 Å². The van der Waals surface area contributed by atoms with E-state index < -0.39 is 0 Å². The van der Waals surface area contributed by atoms with Crippen LogP contribution in [0.25, 0.3) is 53.7 Å². The quantitative estimate of drug-likeness (QED) is 0.310. The molecule has 2 aromatic heterocycles. The summed E-state index contributed by atoms with van der Waals surface area (Å²) in [5.41, 5.74) is 5.38. The molecule has 0 unspecified atom stereocenters. The molecule has 6 aromatic rings. The summed E-state index contributed by atoms with van der Waals surface area (Å²) in [5.74, 6) is 0. The van der Waals surface area contributed by atoms with Crippen LogP contribution in [0.2, 0.25) is 0 Å². The van der Waals surface area contributed by atoms with E-state index in [0.29, 0.717) is 0 Å². The third-order valence-corrected chi connectivity index (χ3v) is 6.44. The van der Waals surface area contributed by atoms with Gasteiger partial charge in [0.1, 0.15) is 5.01 Å². The average Bonchev–Trinajstić information content (AvgIpc) is 3.24. The summed E-state index contributed by atoms with van der Waals surface area (Å²) in [4.78, 5) is 9.70. The number of benzene rings is 4. The van der Waals surface area contributed by atoms with Crippen molar-refractivity contribution >= 4 is 43.2 Å². The lowest BCUT2D eigenvalue weighted by Crippen LogP contribution is -1.85. The Bertz CT molecular complexity index is 1500. The minimum absolute atomic E-state index is 1.000. The van der Waals surface area contributed by atoms with Gasteiger partial charge in [-0.25, -0.2) is 9.97 Å². The third-order valence-electron chi connectivity index (χ3n) is 5.29. The Morgan fingerprint density at radius 1 is 0.552 bits per heavy atom. The lowest BCUT2D eigenvalue weighted by molar-refractivity contribution is 1.40. The van der Waals surface area contributed by atoms with E-state index >= 15 is 0 Å². The van der Waals surface area contributed by atoms with Gasteiger partial charge in [-0.1, -0.05) is 72.8 Å². The molecule has 2 nitrogen and oxygen atoms in total. The summed E-state index contributed by atoms with van der Waals surface area (Å²) in [5, 5.41) is 4.69. The molecule has 2 heterocycles. The number of hydrogen-bond acceptors (Lipinski definition) is 3. The van der Waals surface area contributed by atoms with Crippen LogP contribution in [-0.4, -0.2) is 9.97 Å². The first-order valence-electron chi connectivity index (χ1n) is 9.60. The molecule has 0 aliphatic rings. The van der Waals surface area contributed by atoms with Crippen LogP contribution in [0.1, 0.15) is 0 Å². The number of rotatable bonds is 2. The molecular weight excluding hydrogens is 372 g/mol.